The van der Waals surface area contributed by atoms with E-state index in [4.69, 9.17) is 0 Å². The molecule has 1 heterocycles. The highest BCUT2D eigenvalue weighted by Crippen LogP contribution is 2.00. The van der Waals surface area contributed by atoms with Crippen LogP contribution >= 0.6 is 0 Å². The van der Waals surface area contributed by atoms with Crippen LogP contribution in [0.4, 0.5) is 0 Å². The fourth-order valence-electron chi connectivity index (χ4n) is 1.02. The average molecular weight is 178 g/mol. The van der Waals surface area contributed by atoms with Gasteiger partial charge in [0, 0.05) is 17.7 Å². The van der Waals surface area contributed by atoms with Gasteiger partial charge < -0.3 is 0 Å². The topological polar surface area (TPSA) is 38.0 Å². The normalized spacial score (nSPS) is 9.69. The average Bonchev–Trinajstić information content (AvgIpc) is 2.04. The summed E-state index contributed by atoms with van der Waals surface area (Å²) in [5.74, 6) is -0.216. The first kappa shape index (κ1) is 9.58. The quantitative estimate of drug-likeness (QED) is 0.387. The second-order valence-corrected chi connectivity index (χ2v) is 3.05. The summed E-state index contributed by atoms with van der Waals surface area (Å²) in [6.45, 7) is 1.42. The third kappa shape index (κ3) is 2.78. The third-order valence-corrected chi connectivity index (χ3v) is 1.71. The lowest BCUT2D eigenvalue weighted by molar-refractivity contribution is -0.671. The van der Waals surface area contributed by atoms with Crippen LogP contribution in [-0.2, 0) is 11.8 Å². The predicted molar refractivity (Wildman–Crippen MR) is 47.2 cm³/mol. The van der Waals surface area contributed by atoms with Crippen molar-refractivity contribution >= 4 is 11.6 Å². The number of rotatable bonds is 3. The summed E-state index contributed by atoms with van der Waals surface area (Å²) in [6, 6.07) is 3.43. The summed E-state index contributed by atoms with van der Waals surface area (Å²) >= 11 is 0. The molecule has 68 valence electrons. The Hall–Kier alpha value is -1.51. The first-order valence-electron chi connectivity index (χ1n) is 4.07. The molecule has 1 rings (SSSR count). The molecule has 0 spiro atoms. The van der Waals surface area contributed by atoms with Gasteiger partial charge in [-0.2, -0.15) is 0 Å². The number of aryl methyl sites for hydroxylation is 1. The highest BCUT2D eigenvalue weighted by atomic mass is 16.1. The summed E-state index contributed by atoms with van der Waals surface area (Å²) in [5.41, 5.74) is 0.591. The molecule has 0 aliphatic rings. The van der Waals surface area contributed by atoms with E-state index in [9.17, 15) is 9.59 Å². The lowest BCUT2D eigenvalue weighted by Crippen LogP contribution is -2.26. The van der Waals surface area contributed by atoms with Gasteiger partial charge >= 0.3 is 0 Å². The Kier molecular flexibility index (Phi) is 2.90. The highest BCUT2D eigenvalue weighted by molar-refractivity contribution is 6.07. The summed E-state index contributed by atoms with van der Waals surface area (Å²) in [6.07, 6.45) is 3.56. The van der Waals surface area contributed by atoms with Crippen molar-refractivity contribution in [1.82, 2.24) is 0 Å². The minimum absolute atomic E-state index is 0.00622. The summed E-state index contributed by atoms with van der Waals surface area (Å²) in [5, 5.41) is 0. The number of carbonyl (C=O) groups excluding carboxylic acids is 2. The number of carbonyl (C=O) groups is 2. The Bertz CT molecular complexity index is 327. The van der Waals surface area contributed by atoms with E-state index in [2.05, 4.69) is 0 Å². The monoisotopic (exact) mass is 178 g/mol. The molecule has 13 heavy (non-hydrogen) atoms. The minimum atomic E-state index is -0.117. The van der Waals surface area contributed by atoms with Crippen molar-refractivity contribution in [2.75, 3.05) is 0 Å². The zero-order valence-corrected chi connectivity index (χ0v) is 7.78. The Balaban J connectivity index is 2.78. The van der Waals surface area contributed by atoms with E-state index in [1.807, 2.05) is 11.6 Å². The molecule has 0 unspecified atom stereocenters. The van der Waals surface area contributed by atoms with Gasteiger partial charge in [0.2, 0.25) is 0 Å². The van der Waals surface area contributed by atoms with Crippen molar-refractivity contribution in [2.24, 2.45) is 7.05 Å². The molecule has 1 aromatic rings. The number of hydrogen-bond donors (Lipinski definition) is 0. The number of aromatic nitrogens is 1. The van der Waals surface area contributed by atoms with Crippen LogP contribution in [0.2, 0.25) is 0 Å². The van der Waals surface area contributed by atoms with E-state index in [0.717, 1.165) is 0 Å². The molecule has 0 fully saturated rings. The molecular weight excluding hydrogens is 166 g/mol. The lowest BCUT2D eigenvalue weighted by Gasteiger charge is -1.95. The standard InChI is InChI=1S/C10H12NO2/c1-8(12)7-10(13)9-3-5-11(2)6-4-9/h3-6H,7H2,1-2H3/q+1. The number of nitrogens with zero attached hydrogens (tertiary/aromatic N) is 1. The summed E-state index contributed by atoms with van der Waals surface area (Å²) in [4.78, 5) is 22.0. The first-order chi connectivity index (χ1) is 6.09. The number of Topliss-reactive ketones (excluding diaryl/α,β-unsaturated/α-hetero) is 2. The van der Waals surface area contributed by atoms with Crippen LogP contribution < -0.4 is 4.57 Å². The van der Waals surface area contributed by atoms with E-state index >= 15 is 0 Å². The van der Waals surface area contributed by atoms with Gasteiger partial charge in [-0.1, -0.05) is 0 Å². The second-order valence-electron chi connectivity index (χ2n) is 3.05. The molecule has 0 aromatic carbocycles. The fraction of sp³-hybridized carbons (Fsp3) is 0.300. The number of ketones is 2. The zero-order valence-electron chi connectivity index (χ0n) is 7.78. The van der Waals surface area contributed by atoms with Crippen molar-refractivity contribution in [3.63, 3.8) is 0 Å². The van der Waals surface area contributed by atoms with E-state index in [-0.39, 0.29) is 18.0 Å². The Labute approximate surface area is 77.0 Å². The van der Waals surface area contributed by atoms with Gasteiger partial charge in [0.1, 0.15) is 12.8 Å². The Morgan fingerprint density at radius 1 is 1.31 bits per heavy atom. The third-order valence-electron chi connectivity index (χ3n) is 1.71. The largest absolute Gasteiger partial charge is 0.300 e. The molecule has 0 saturated heterocycles. The molecule has 0 atom stereocenters. The molecule has 1 aromatic heterocycles. The van der Waals surface area contributed by atoms with E-state index in [1.165, 1.54) is 6.92 Å². The van der Waals surface area contributed by atoms with Crippen molar-refractivity contribution in [2.45, 2.75) is 13.3 Å². The molecule has 0 bridgehead atoms. The van der Waals surface area contributed by atoms with Crippen LogP contribution in [0.15, 0.2) is 24.5 Å². The maximum Gasteiger partial charge on any atom is 0.170 e. The maximum atomic E-state index is 11.3. The van der Waals surface area contributed by atoms with Crippen molar-refractivity contribution in [1.29, 1.82) is 0 Å². The summed E-state index contributed by atoms with van der Waals surface area (Å²) in [7, 11) is 1.87. The van der Waals surface area contributed by atoms with Crippen LogP contribution in [0.3, 0.4) is 0 Å². The molecule has 0 aliphatic carbocycles. The molecule has 0 saturated carbocycles. The fourth-order valence-corrected chi connectivity index (χ4v) is 1.02. The van der Waals surface area contributed by atoms with Crippen LogP contribution in [0, 0.1) is 0 Å². The van der Waals surface area contributed by atoms with Gasteiger partial charge in [-0.15, -0.1) is 0 Å². The molecule has 3 nitrogen and oxygen atoms in total. The molecule has 0 radical (unpaired) electrons. The van der Waals surface area contributed by atoms with Gasteiger partial charge in [0.05, 0.1) is 6.42 Å². The van der Waals surface area contributed by atoms with Crippen LogP contribution in [-0.4, -0.2) is 11.6 Å². The highest BCUT2D eigenvalue weighted by Gasteiger charge is 2.08. The van der Waals surface area contributed by atoms with Gasteiger partial charge in [0.25, 0.3) is 0 Å². The molecule has 0 aliphatic heterocycles. The van der Waals surface area contributed by atoms with Gasteiger partial charge in [-0.05, 0) is 6.92 Å². The van der Waals surface area contributed by atoms with Gasteiger partial charge in [-0.3, -0.25) is 9.59 Å². The SMILES string of the molecule is CC(=O)CC(=O)c1cc[n+](C)cc1. The number of hydrogen-bond acceptors (Lipinski definition) is 2. The van der Waals surface area contributed by atoms with Gasteiger partial charge in [-0.25, -0.2) is 4.57 Å². The van der Waals surface area contributed by atoms with E-state index < -0.39 is 0 Å². The molecule has 3 heteroatoms. The minimum Gasteiger partial charge on any atom is -0.300 e. The van der Waals surface area contributed by atoms with Gasteiger partial charge in [0.15, 0.2) is 18.2 Å². The lowest BCUT2D eigenvalue weighted by atomic mass is 10.1. The molecule has 0 N–H and O–H groups in total. The predicted octanol–water partition coefficient (Wildman–Crippen LogP) is 0.673. The van der Waals surface area contributed by atoms with Crippen molar-refractivity contribution in [3.8, 4) is 0 Å². The van der Waals surface area contributed by atoms with E-state index in [1.54, 1.807) is 24.5 Å². The van der Waals surface area contributed by atoms with Crippen molar-refractivity contribution in [3.05, 3.63) is 30.1 Å². The smallest absolute Gasteiger partial charge is 0.170 e. The van der Waals surface area contributed by atoms with Crippen molar-refractivity contribution < 1.29 is 14.2 Å². The second kappa shape index (κ2) is 3.94. The van der Waals surface area contributed by atoms with E-state index in [0.29, 0.717) is 5.56 Å². The Morgan fingerprint density at radius 3 is 2.31 bits per heavy atom. The van der Waals surface area contributed by atoms with Crippen LogP contribution in [0.25, 0.3) is 0 Å². The molecule has 0 amide bonds. The van der Waals surface area contributed by atoms with Crippen LogP contribution in [0.5, 0.6) is 0 Å². The maximum absolute atomic E-state index is 11.3. The zero-order chi connectivity index (χ0) is 9.84. The summed E-state index contributed by atoms with van der Waals surface area (Å²) < 4.78 is 1.84. The van der Waals surface area contributed by atoms with Crippen LogP contribution in [0.1, 0.15) is 23.7 Å². The first-order valence-corrected chi connectivity index (χ1v) is 4.07. The number of pyridine rings is 1. The Morgan fingerprint density at radius 2 is 1.85 bits per heavy atom. The molecular formula is C10H12NO2+.